The molecule has 2 heteroatoms. The van der Waals surface area contributed by atoms with Crippen molar-refractivity contribution in [2.75, 3.05) is 0 Å². The summed E-state index contributed by atoms with van der Waals surface area (Å²) in [7, 11) is 0. The Balaban J connectivity index is 1.49. The largest absolute Gasteiger partial charge is 0.355 e. The van der Waals surface area contributed by atoms with Crippen molar-refractivity contribution in [2.45, 2.75) is 13.8 Å². The van der Waals surface area contributed by atoms with Crippen molar-refractivity contribution in [1.29, 1.82) is 0 Å². The lowest BCUT2D eigenvalue weighted by Gasteiger charge is -2.09. The maximum atomic E-state index is 3.54. The Morgan fingerprint density at radius 2 is 1.12 bits per heavy atom. The normalized spacial score (nSPS) is 11.8. The van der Waals surface area contributed by atoms with Crippen molar-refractivity contribution in [1.82, 2.24) is 9.55 Å². The van der Waals surface area contributed by atoms with Crippen LogP contribution in [0.3, 0.4) is 0 Å². The first-order valence-electron chi connectivity index (χ1n) is 11.8. The van der Waals surface area contributed by atoms with Crippen LogP contribution in [0.25, 0.3) is 60.4 Å². The Morgan fingerprint density at radius 1 is 0.500 bits per heavy atom. The predicted octanol–water partition coefficient (Wildman–Crippen LogP) is 8.70. The Bertz CT molecular complexity index is 1860. The lowest BCUT2D eigenvalue weighted by atomic mass is 10.0. The average molecular weight is 437 g/mol. The van der Waals surface area contributed by atoms with Crippen LogP contribution in [0.15, 0.2) is 103 Å². The highest BCUT2D eigenvalue weighted by atomic mass is 15.0. The topological polar surface area (TPSA) is 20.7 Å². The molecule has 2 heterocycles. The van der Waals surface area contributed by atoms with Gasteiger partial charge in [0.05, 0.1) is 11.0 Å². The van der Waals surface area contributed by atoms with Crippen LogP contribution in [0, 0.1) is 13.8 Å². The third kappa shape index (κ3) is 2.82. The number of para-hydroxylation sites is 1. The summed E-state index contributed by atoms with van der Waals surface area (Å²) in [4.78, 5) is 3.54. The minimum Gasteiger partial charge on any atom is -0.355 e. The molecule has 0 unspecified atom stereocenters. The number of benzene rings is 5. The summed E-state index contributed by atoms with van der Waals surface area (Å²) in [6, 6.07) is 37.7. The maximum Gasteiger partial charge on any atom is 0.0541 e. The van der Waals surface area contributed by atoms with Crippen LogP contribution in [0.2, 0.25) is 0 Å². The second-order valence-electron chi connectivity index (χ2n) is 9.35. The van der Waals surface area contributed by atoms with Gasteiger partial charge in [-0.2, -0.15) is 0 Å². The van der Waals surface area contributed by atoms with Crippen molar-refractivity contribution in [2.24, 2.45) is 0 Å². The van der Waals surface area contributed by atoms with Gasteiger partial charge in [-0.15, -0.1) is 0 Å². The number of aromatic nitrogens is 2. The van der Waals surface area contributed by atoms with Gasteiger partial charge in [-0.3, -0.25) is 0 Å². The van der Waals surface area contributed by atoms with Gasteiger partial charge in [-0.1, -0.05) is 59.7 Å². The van der Waals surface area contributed by atoms with Gasteiger partial charge < -0.3 is 9.55 Å². The Kier molecular flexibility index (Phi) is 4.01. The van der Waals surface area contributed by atoms with Crippen molar-refractivity contribution in [3.8, 4) is 16.8 Å². The second kappa shape index (κ2) is 7.10. The number of aryl methyl sites for hydroxylation is 2. The van der Waals surface area contributed by atoms with Gasteiger partial charge in [0.15, 0.2) is 0 Å². The van der Waals surface area contributed by atoms with Crippen LogP contribution >= 0.6 is 0 Å². The third-order valence-corrected chi connectivity index (χ3v) is 7.05. The lowest BCUT2D eigenvalue weighted by Crippen LogP contribution is -1.93. The Labute approximate surface area is 198 Å². The molecule has 7 aromatic rings. The SMILES string of the molecule is Cc1ccc(-n2c3ccc(C)cc3c3cc(-c4ccc5[nH]c6ccccc6c5c4)ccc32)cc1. The van der Waals surface area contributed by atoms with Gasteiger partial charge in [0, 0.05) is 38.3 Å². The molecule has 1 N–H and O–H groups in total. The highest BCUT2D eigenvalue weighted by molar-refractivity contribution is 6.12. The van der Waals surface area contributed by atoms with E-state index in [0.717, 1.165) is 0 Å². The number of hydrogen-bond donors (Lipinski definition) is 1. The third-order valence-electron chi connectivity index (χ3n) is 7.05. The molecule has 0 amide bonds. The van der Waals surface area contributed by atoms with E-state index in [1.54, 1.807) is 0 Å². The van der Waals surface area contributed by atoms with Crippen molar-refractivity contribution < 1.29 is 0 Å². The van der Waals surface area contributed by atoms with E-state index < -0.39 is 0 Å². The molecule has 0 radical (unpaired) electrons. The molecule has 7 rings (SSSR count). The van der Waals surface area contributed by atoms with E-state index in [4.69, 9.17) is 0 Å². The average Bonchev–Trinajstić information content (AvgIpc) is 3.39. The standard InChI is InChI=1S/C32H24N2/c1-20-7-12-24(13-8-20)34-31-15-9-21(2)17-27(31)28-19-23(11-16-32(28)34)22-10-14-30-26(18-22)25-5-3-4-6-29(25)33-30/h3-19,33H,1-2H3. The van der Waals surface area contributed by atoms with Gasteiger partial charge in [-0.05, 0) is 79.6 Å². The number of nitrogens with zero attached hydrogens (tertiary/aromatic N) is 1. The van der Waals surface area contributed by atoms with Crippen LogP contribution in [0.5, 0.6) is 0 Å². The number of H-pyrrole nitrogens is 1. The molecule has 2 aromatic heterocycles. The molecule has 34 heavy (non-hydrogen) atoms. The molecule has 0 bridgehead atoms. The molecule has 0 aliphatic rings. The monoisotopic (exact) mass is 436 g/mol. The zero-order chi connectivity index (χ0) is 22.8. The Hall–Kier alpha value is -4.30. The molecule has 0 aliphatic heterocycles. The molecule has 5 aromatic carbocycles. The van der Waals surface area contributed by atoms with Gasteiger partial charge in [0.25, 0.3) is 0 Å². The van der Waals surface area contributed by atoms with E-state index in [1.807, 2.05) is 0 Å². The summed E-state index contributed by atoms with van der Waals surface area (Å²) in [6.07, 6.45) is 0. The van der Waals surface area contributed by atoms with Crippen LogP contribution in [-0.2, 0) is 0 Å². The molecule has 0 fully saturated rings. The maximum absolute atomic E-state index is 3.54. The molecule has 0 saturated carbocycles. The molecule has 0 atom stereocenters. The van der Waals surface area contributed by atoms with E-state index >= 15 is 0 Å². The first-order chi connectivity index (χ1) is 16.7. The van der Waals surface area contributed by atoms with Gasteiger partial charge >= 0.3 is 0 Å². The molecule has 2 nitrogen and oxygen atoms in total. The van der Waals surface area contributed by atoms with Gasteiger partial charge in [0.1, 0.15) is 0 Å². The molecule has 0 saturated heterocycles. The summed E-state index contributed by atoms with van der Waals surface area (Å²) in [5.41, 5.74) is 11.1. The first kappa shape index (κ1) is 19.2. The summed E-state index contributed by atoms with van der Waals surface area (Å²) in [6.45, 7) is 4.30. The van der Waals surface area contributed by atoms with Crippen molar-refractivity contribution in [3.05, 3.63) is 114 Å². The lowest BCUT2D eigenvalue weighted by molar-refractivity contribution is 1.17. The van der Waals surface area contributed by atoms with Crippen LogP contribution in [-0.4, -0.2) is 9.55 Å². The van der Waals surface area contributed by atoms with E-state index in [1.165, 1.54) is 71.6 Å². The smallest absolute Gasteiger partial charge is 0.0541 e. The number of rotatable bonds is 2. The zero-order valence-corrected chi connectivity index (χ0v) is 19.3. The zero-order valence-electron chi connectivity index (χ0n) is 19.3. The molecule has 162 valence electrons. The molecule has 0 spiro atoms. The minimum absolute atomic E-state index is 1.18. The Morgan fingerprint density at radius 3 is 1.94 bits per heavy atom. The molecular formula is C32H24N2. The van der Waals surface area contributed by atoms with Crippen LogP contribution < -0.4 is 0 Å². The van der Waals surface area contributed by atoms with E-state index in [-0.39, 0.29) is 0 Å². The van der Waals surface area contributed by atoms with Gasteiger partial charge in [-0.25, -0.2) is 0 Å². The van der Waals surface area contributed by atoms with Crippen LogP contribution in [0.4, 0.5) is 0 Å². The minimum atomic E-state index is 1.18. The summed E-state index contributed by atoms with van der Waals surface area (Å²) < 4.78 is 2.39. The van der Waals surface area contributed by atoms with E-state index in [2.05, 4.69) is 127 Å². The van der Waals surface area contributed by atoms with E-state index in [9.17, 15) is 0 Å². The second-order valence-corrected chi connectivity index (χ2v) is 9.35. The number of aromatic amines is 1. The fourth-order valence-corrected chi connectivity index (χ4v) is 5.32. The summed E-state index contributed by atoms with van der Waals surface area (Å²) >= 11 is 0. The quantitative estimate of drug-likeness (QED) is 0.280. The van der Waals surface area contributed by atoms with Gasteiger partial charge in [0.2, 0.25) is 0 Å². The molecular weight excluding hydrogens is 412 g/mol. The van der Waals surface area contributed by atoms with Crippen LogP contribution in [0.1, 0.15) is 11.1 Å². The summed E-state index contributed by atoms with van der Waals surface area (Å²) in [5, 5.41) is 5.12. The van der Waals surface area contributed by atoms with E-state index in [0.29, 0.717) is 0 Å². The highest BCUT2D eigenvalue weighted by Gasteiger charge is 2.14. The summed E-state index contributed by atoms with van der Waals surface area (Å²) in [5.74, 6) is 0. The fraction of sp³-hybridized carbons (Fsp3) is 0.0625. The first-order valence-corrected chi connectivity index (χ1v) is 11.8. The molecule has 0 aliphatic carbocycles. The fourth-order valence-electron chi connectivity index (χ4n) is 5.32. The number of hydrogen-bond acceptors (Lipinski definition) is 0. The predicted molar refractivity (Wildman–Crippen MR) is 145 cm³/mol. The number of fused-ring (bicyclic) bond motifs is 6. The highest BCUT2D eigenvalue weighted by Crippen LogP contribution is 2.36. The van der Waals surface area contributed by atoms with Crippen molar-refractivity contribution in [3.63, 3.8) is 0 Å². The number of nitrogens with one attached hydrogen (secondary N) is 1. The van der Waals surface area contributed by atoms with Crippen molar-refractivity contribution >= 4 is 43.6 Å².